The zero-order valence-corrected chi connectivity index (χ0v) is 13.9. The zero-order valence-electron chi connectivity index (χ0n) is 11.4. The van der Waals surface area contributed by atoms with Gasteiger partial charge in [0.05, 0.1) is 16.4 Å². The van der Waals surface area contributed by atoms with Gasteiger partial charge in [-0.3, -0.25) is 0 Å². The fourth-order valence-corrected chi connectivity index (χ4v) is 6.80. The SMILES string of the molecule is O=S1(=O)CCC(NS(=O)(=O)c2ccc3c(c2)CCCS3)C1. The maximum absolute atomic E-state index is 12.4. The van der Waals surface area contributed by atoms with Crippen molar-refractivity contribution in [1.29, 1.82) is 0 Å². The quantitative estimate of drug-likeness (QED) is 0.888. The van der Waals surface area contributed by atoms with E-state index < -0.39 is 25.9 Å². The highest BCUT2D eigenvalue weighted by molar-refractivity contribution is 7.99. The number of fused-ring (bicyclic) bond motifs is 1. The zero-order chi connectivity index (χ0) is 15.1. The monoisotopic (exact) mass is 347 g/mol. The lowest BCUT2D eigenvalue weighted by molar-refractivity contribution is 0.562. The van der Waals surface area contributed by atoms with Gasteiger partial charge in [0.2, 0.25) is 10.0 Å². The van der Waals surface area contributed by atoms with Crippen molar-refractivity contribution in [3.05, 3.63) is 23.8 Å². The van der Waals surface area contributed by atoms with E-state index in [9.17, 15) is 16.8 Å². The van der Waals surface area contributed by atoms with E-state index in [2.05, 4.69) is 4.72 Å². The van der Waals surface area contributed by atoms with Gasteiger partial charge in [0, 0.05) is 10.9 Å². The van der Waals surface area contributed by atoms with Gasteiger partial charge < -0.3 is 0 Å². The molecule has 0 saturated carbocycles. The van der Waals surface area contributed by atoms with Gasteiger partial charge in [-0.15, -0.1) is 11.8 Å². The molecule has 1 aromatic carbocycles. The minimum atomic E-state index is -3.65. The Balaban J connectivity index is 1.82. The van der Waals surface area contributed by atoms with Gasteiger partial charge in [-0.05, 0) is 48.8 Å². The molecule has 8 heteroatoms. The normalized spacial score (nSPS) is 24.7. The van der Waals surface area contributed by atoms with Crippen molar-refractivity contribution in [2.24, 2.45) is 0 Å². The van der Waals surface area contributed by atoms with E-state index >= 15 is 0 Å². The second-order valence-electron chi connectivity index (χ2n) is 5.44. The Labute approximate surface area is 129 Å². The lowest BCUT2D eigenvalue weighted by atomic mass is 10.1. The Morgan fingerprint density at radius 2 is 2.10 bits per heavy atom. The molecule has 21 heavy (non-hydrogen) atoms. The van der Waals surface area contributed by atoms with Crippen LogP contribution >= 0.6 is 11.8 Å². The molecule has 2 aliphatic rings. The molecule has 1 N–H and O–H groups in total. The van der Waals surface area contributed by atoms with Crippen LogP contribution in [0.2, 0.25) is 0 Å². The molecular weight excluding hydrogens is 330 g/mol. The first kappa shape index (κ1) is 15.3. The molecule has 1 unspecified atom stereocenters. The van der Waals surface area contributed by atoms with E-state index in [1.807, 2.05) is 6.07 Å². The number of nitrogens with one attached hydrogen (secondary N) is 1. The van der Waals surface area contributed by atoms with E-state index in [1.165, 1.54) is 0 Å². The summed E-state index contributed by atoms with van der Waals surface area (Å²) >= 11 is 1.75. The van der Waals surface area contributed by atoms with Crippen LogP contribution in [0.15, 0.2) is 28.0 Å². The van der Waals surface area contributed by atoms with Crippen molar-refractivity contribution in [3.8, 4) is 0 Å². The van der Waals surface area contributed by atoms with Gasteiger partial charge in [0.15, 0.2) is 9.84 Å². The van der Waals surface area contributed by atoms with Gasteiger partial charge in [-0.25, -0.2) is 21.6 Å². The van der Waals surface area contributed by atoms with Crippen LogP contribution in [-0.2, 0) is 26.3 Å². The predicted octanol–water partition coefficient (Wildman–Crippen LogP) is 1.19. The lowest BCUT2D eigenvalue weighted by Gasteiger charge is -2.17. The Morgan fingerprint density at radius 3 is 2.81 bits per heavy atom. The van der Waals surface area contributed by atoms with Crippen LogP contribution in [0.1, 0.15) is 18.4 Å². The summed E-state index contributed by atoms with van der Waals surface area (Å²) in [5.41, 5.74) is 1.06. The summed E-state index contributed by atoms with van der Waals surface area (Å²) in [7, 11) is -6.75. The summed E-state index contributed by atoms with van der Waals surface area (Å²) < 4.78 is 50.1. The van der Waals surface area contributed by atoms with Crippen molar-refractivity contribution in [2.75, 3.05) is 17.3 Å². The van der Waals surface area contributed by atoms with Crippen LogP contribution in [0.3, 0.4) is 0 Å². The molecule has 1 aromatic rings. The summed E-state index contributed by atoms with van der Waals surface area (Å²) in [6, 6.07) is 4.65. The molecule has 0 bridgehead atoms. The molecule has 2 heterocycles. The van der Waals surface area contributed by atoms with Crippen molar-refractivity contribution >= 4 is 31.6 Å². The molecule has 0 aromatic heterocycles. The summed E-state index contributed by atoms with van der Waals surface area (Å²) in [5, 5.41) is 0. The maximum atomic E-state index is 12.4. The number of rotatable bonds is 3. The predicted molar refractivity (Wildman–Crippen MR) is 82.9 cm³/mol. The highest BCUT2D eigenvalue weighted by Gasteiger charge is 2.31. The smallest absolute Gasteiger partial charge is 0.229 e. The van der Waals surface area contributed by atoms with Crippen LogP contribution in [0.4, 0.5) is 0 Å². The molecule has 1 saturated heterocycles. The van der Waals surface area contributed by atoms with Crippen molar-refractivity contribution in [2.45, 2.75) is 35.1 Å². The highest BCUT2D eigenvalue weighted by atomic mass is 32.2. The third-order valence-corrected chi connectivity index (χ3v) is 8.23. The number of thioether (sulfide) groups is 1. The molecule has 0 amide bonds. The summed E-state index contributed by atoms with van der Waals surface area (Å²) in [6.45, 7) is 0. The third kappa shape index (κ3) is 3.44. The van der Waals surface area contributed by atoms with Crippen molar-refractivity contribution in [1.82, 2.24) is 4.72 Å². The first-order valence-electron chi connectivity index (χ1n) is 6.84. The van der Waals surface area contributed by atoms with Crippen molar-refractivity contribution in [3.63, 3.8) is 0 Å². The van der Waals surface area contributed by atoms with Gasteiger partial charge in [-0.1, -0.05) is 0 Å². The Morgan fingerprint density at radius 1 is 1.29 bits per heavy atom. The lowest BCUT2D eigenvalue weighted by Crippen LogP contribution is -2.35. The van der Waals surface area contributed by atoms with E-state index in [0.717, 1.165) is 29.1 Å². The second-order valence-corrected chi connectivity index (χ2v) is 10.5. The molecular formula is C13H17NO4S3. The van der Waals surface area contributed by atoms with Crippen LogP contribution in [0, 0.1) is 0 Å². The largest absolute Gasteiger partial charge is 0.240 e. The molecule has 0 aliphatic carbocycles. The minimum absolute atomic E-state index is 0.0566. The molecule has 5 nitrogen and oxygen atoms in total. The molecule has 0 radical (unpaired) electrons. The fourth-order valence-electron chi connectivity index (χ4n) is 2.68. The molecule has 2 aliphatic heterocycles. The number of aryl methyl sites for hydroxylation is 1. The topological polar surface area (TPSA) is 80.3 Å². The molecule has 1 fully saturated rings. The van der Waals surface area contributed by atoms with Crippen molar-refractivity contribution < 1.29 is 16.8 Å². The van der Waals surface area contributed by atoms with Gasteiger partial charge >= 0.3 is 0 Å². The Hall–Kier alpha value is -0.570. The number of hydrogen-bond acceptors (Lipinski definition) is 5. The Bertz CT molecular complexity index is 756. The second kappa shape index (κ2) is 5.57. The first-order valence-corrected chi connectivity index (χ1v) is 11.1. The Kier molecular flexibility index (Phi) is 4.06. The van der Waals surface area contributed by atoms with E-state index in [-0.39, 0.29) is 16.4 Å². The molecule has 1 atom stereocenters. The number of benzene rings is 1. The van der Waals surface area contributed by atoms with Crippen LogP contribution in [0.5, 0.6) is 0 Å². The minimum Gasteiger partial charge on any atom is -0.229 e. The molecule has 3 rings (SSSR count). The van der Waals surface area contributed by atoms with Crippen LogP contribution < -0.4 is 4.72 Å². The average molecular weight is 347 g/mol. The third-order valence-electron chi connectivity index (χ3n) is 3.74. The summed E-state index contributed by atoms with van der Waals surface area (Å²) in [4.78, 5) is 1.37. The number of hydrogen-bond donors (Lipinski definition) is 1. The maximum Gasteiger partial charge on any atom is 0.240 e. The number of sulfonamides is 1. The van der Waals surface area contributed by atoms with E-state index in [0.29, 0.717) is 6.42 Å². The van der Waals surface area contributed by atoms with Gasteiger partial charge in [-0.2, -0.15) is 0 Å². The van der Waals surface area contributed by atoms with Crippen LogP contribution in [-0.4, -0.2) is 40.1 Å². The van der Waals surface area contributed by atoms with Crippen LogP contribution in [0.25, 0.3) is 0 Å². The summed E-state index contributed by atoms with van der Waals surface area (Å²) in [6.07, 6.45) is 2.29. The van der Waals surface area contributed by atoms with Gasteiger partial charge in [0.1, 0.15) is 0 Å². The highest BCUT2D eigenvalue weighted by Crippen LogP contribution is 2.31. The molecule has 116 valence electrons. The fraction of sp³-hybridized carbons (Fsp3) is 0.538. The summed E-state index contributed by atoms with van der Waals surface area (Å²) in [5.74, 6) is 1.02. The standard InChI is InChI=1S/C13H17NO4S3/c15-20(16)7-5-11(9-20)14-21(17,18)12-3-4-13-10(8-12)2-1-6-19-13/h3-4,8,11,14H,1-2,5-7,9H2. The average Bonchev–Trinajstić information content (AvgIpc) is 2.76. The first-order chi connectivity index (χ1) is 9.86. The molecule has 0 spiro atoms. The number of sulfone groups is 1. The van der Waals surface area contributed by atoms with E-state index in [1.54, 1.807) is 23.9 Å². The van der Waals surface area contributed by atoms with E-state index in [4.69, 9.17) is 0 Å². The van der Waals surface area contributed by atoms with Gasteiger partial charge in [0.25, 0.3) is 0 Å².